The molecule has 1 unspecified atom stereocenters. The van der Waals surface area contributed by atoms with E-state index in [1.807, 2.05) is 60.9 Å². The number of benzene rings is 3. The van der Waals surface area contributed by atoms with Gasteiger partial charge >= 0.3 is 0 Å². The number of aromatic nitrogens is 3. The number of nitrogens with zero attached hydrogens (tertiary/aromatic N) is 4. The highest BCUT2D eigenvalue weighted by atomic mass is 35.5. The van der Waals surface area contributed by atoms with Crippen molar-refractivity contribution in [3.63, 3.8) is 0 Å². The van der Waals surface area contributed by atoms with Gasteiger partial charge in [0.2, 0.25) is 10.0 Å². The smallest absolute Gasteiger partial charge is 0.273 e. The molecule has 3 aromatic carbocycles. The highest BCUT2D eigenvalue weighted by Crippen LogP contribution is 2.30. The molecule has 192 valence electrons. The molecule has 12 heteroatoms. The Morgan fingerprint density at radius 2 is 1.78 bits per heavy atom. The van der Waals surface area contributed by atoms with Crippen molar-refractivity contribution in [1.82, 2.24) is 19.5 Å². The molecule has 0 amide bonds. The van der Waals surface area contributed by atoms with Crippen LogP contribution >= 0.6 is 23.4 Å². The van der Waals surface area contributed by atoms with Crippen molar-refractivity contribution in [1.29, 1.82) is 0 Å². The number of nitro benzene ring substituents is 1. The highest BCUT2D eigenvalue weighted by Gasteiger charge is 2.27. The van der Waals surface area contributed by atoms with Crippen molar-refractivity contribution in [2.45, 2.75) is 42.6 Å². The van der Waals surface area contributed by atoms with Gasteiger partial charge in [0.1, 0.15) is 5.02 Å². The molecular formula is C25H24ClN5O4S2. The monoisotopic (exact) mass is 557 g/mol. The molecular weight excluding hydrogens is 534 g/mol. The van der Waals surface area contributed by atoms with Gasteiger partial charge in [-0.25, -0.2) is 13.1 Å². The largest absolute Gasteiger partial charge is 0.289 e. The molecule has 1 atom stereocenters. The molecule has 4 aromatic rings. The van der Waals surface area contributed by atoms with Crippen LogP contribution in [-0.4, -0.2) is 28.1 Å². The lowest BCUT2D eigenvalue weighted by molar-refractivity contribution is -0.384. The lowest BCUT2D eigenvalue weighted by Gasteiger charge is -2.17. The van der Waals surface area contributed by atoms with Crippen molar-refractivity contribution >= 4 is 39.1 Å². The summed E-state index contributed by atoms with van der Waals surface area (Å²) in [4.78, 5) is 10.2. The third-order valence-electron chi connectivity index (χ3n) is 5.71. The first kappa shape index (κ1) is 26.8. The predicted octanol–water partition coefficient (Wildman–Crippen LogP) is 5.78. The number of hydrogen-bond donors (Lipinski definition) is 1. The van der Waals surface area contributed by atoms with Gasteiger partial charge in [-0.15, -0.1) is 10.2 Å². The third kappa shape index (κ3) is 6.02. The van der Waals surface area contributed by atoms with Crippen LogP contribution in [0.3, 0.4) is 0 Å². The van der Waals surface area contributed by atoms with E-state index in [4.69, 9.17) is 11.6 Å². The Morgan fingerprint density at radius 3 is 2.46 bits per heavy atom. The van der Waals surface area contributed by atoms with Crippen molar-refractivity contribution in [2.24, 2.45) is 0 Å². The van der Waals surface area contributed by atoms with Crippen LogP contribution in [0.2, 0.25) is 5.02 Å². The first-order chi connectivity index (χ1) is 17.6. The SMILES string of the molecule is Cc1ccc(-n2c(SCc3ccccc3C)nnc2C(C)NS(=O)(=O)c2ccc(Cl)c([N+](=O)[O-])c2)cc1. The maximum atomic E-state index is 13.1. The molecule has 4 rings (SSSR count). The molecule has 1 N–H and O–H groups in total. The second-order valence-electron chi connectivity index (χ2n) is 8.44. The number of nitro groups is 1. The molecule has 0 bridgehead atoms. The fraction of sp³-hybridized carbons (Fsp3) is 0.200. The number of hydrogen-bond acceptors (Lipinski definition) is 7. The van der Waals surface area contributed by atoms with Crippen LogP contribution in [-0.2, 0) is 15.8 Å². The summed E-state index contributed by atoms with van der Waals surface area (Å²) < 4.78 is 30.6. The average Bonchev–Trinajstić information content (AvgIpc) is 3.28. The van der Waals surface area contributed by atoms with Crippen LogP contribution in [0.1, 0.15) is 35.5 Å². The van der Waals surface area contributed by atoms with E-state index in [1.165, 1.54) is 23.9 Å². The van der Waals surface area contributed by atoms with Crippen LogP contribution in [0.15, 0.2) is 76.8 Å². The van der Waals surface area contributed by atoms with E-state index >= 15 is 0 Å². The van der Waals surface area contributed by atoms with Gasteiger partial charge in [-0.3, -0.25) is 14.7 Å². The van der Waals surface area contributed by atoms with Crippen LogP contribution in [0.5, 0.6) is 0 Å². The minimum Gasteiger partial charge on any atom is -0.273 e. The minimum absolute atomic E-state index is 0.147. The summed E-state index contributed by atoms with van der Waals surface area (Å²) in [6.45, 7) is 5.67. The molecule has 1 aromatic heterocycles. The third-order valence-corrected chi connectivity index (χ3v) is 8.55. The molecule has 9 nitrogen and oxygen atoms in total. The number of aryl methyl sites for hydroxylation is 2. The zero-order valence-electron chi connectivity index (χ0n) is 20.3. The Bertz CT molecular complexity index is 1560. The van der Waals surface area contributed by atoms with Gasteiger partial charge < -0.3 is 0 Å². The van der Waals surface area contributed by atoms with Gasteiger partial charge in [0, 0.05) is 17.5 Å². The van der Waals surface area contributed by atoms with Gasteiger partial charge in [0.05, 0.1) is 15.9 Å². The molecule has 1 heterocycles. The van der Waals surface area contributed by atoms with Gasteiger partial charge in [-0.1, -0.05) is 65.3 Å². The van der Waals surface area contributed by atoms with E-state index < -0.39 is 26.7 Å². The zero-order valence-corrected chi connectivity index (χ0v) is 22.6. The van der Waals surface area contributed by atoms with E-state index in [9.17, 15) is 18.5 Å². The van der Waals surface area contributed by atoms with Gasteiger partial charge in [0.15, 0.2) is 11.0 Å². The minimum atomic E-state index is -4.14. The van der Waals surface area contributed by atoms with Gasteiger partial charge in [-0.05, 0) is 56.2 Å². The molecule has 0 spiro atoms. The summed E-state index contributed by atoms with van der Waals surface area (Å²) in [5.74, 6) is 1.04. The molecule has 0 fully saturated rings. The van der Waals surface area contributed by atoms with Crippen molar-refractivity contribution in [2.75, 3.05) is 0 Å². The molecule has 0 aliphatic heterocycles. The van der Waals surface area contributed by atoms with E-state index in [-0.39, 0.29) is 9.92 Å². The van der Waals surface area contributed by atoms with Crippen molar-refractivity contribution in [3.05, 3.63) is 104 Å². The van der Waals surface area contributed by atoms with Crippen LogP contribution < -0.4 is 4.72 Å². The predicted molar refractivity (Wildman–Crippen MR) is 144 cm³/mol. The van der Waals surface area contributed by atoms with Crippen LogP contribution in [0, 0.1) is 24.0 Å². The number of rotatable bonds is 9. The molecule has 37 heavy (non-hydrogen) atoms. The van der Waals surface area contributed by atoms with E-state index in [1.54, 1.807) is 6.92 Å². The summed E-state index contributed by atoms with van der Waals surface area (Å²) in [5, 5.41) is 20.4. The number of nitrogens with one attached hydrogen (secondary N) is 1. The zero-order chi connectivity index (χ0) is 26.7. The maximum Gasteiger partial charge on any atom is 0.289 e. The van der Waals surface area contributed by atoms with Crippen LogP contribution in [0.4, 0.5) is 5.69 Å². The van der Waals surface area contributed by atoms with Gasteiger partial charge in [0.25, 0.3) is 5.69 Å². The molecule has 0 radical (unpaired) electrons. The molecule has 0 saturated carbocycles. The lowest BCUT2D eigenvalue weighted by Crippen LogP contribution is -2.29. The summed E-state index contributed by atoms with van der Waals surface area (Å²) in [5.41, 5.74) is 3.69. The topological polar surface area (TPSA) is 120 Å². The highest BCUT2D eigenvalue weighted by molar-refractivity contribution is 7.98. The Hall–Kier alpha value is -3.25. The normalized spacial score (nSPS) is 12.4. The van der Waals surface area contributed by atoms with Crippen molar-refractivity contribution < 1.29 is 13.3 Å². The Morgan fingerprint density at radius 1 is 1.08 bits per heavy atom. The molecule has 0 aliphatic carbocycles. The molecule has 0 aliphatic rings. The second-order valence-corrected chi connectivity index (χ2v) is 11.5. The number of sulfonamides is 1. The fourth-order valence-corrected chi connectivity index (χ4v) is 6.10. The van der Waals surface area contributed by atoms with Gasteiger partial charge in [-0.2, -0.15) is 0 Å². The number of halogens is 1. The fourth-order valence-electron chi connectivity index (χ4n) is 3.66. The first-order valence-corrected chi connectivity index (χ1v) is 14.1. The number of thioether (sulfide) groups is 1. The summed E-state index contributed by atoms with van der Waals surface area (Å²) in [6, 6.07) is 18.4. The second kappa shape index (κ2) is 11.0. The average molecular weight is 558 g/mol. The Labute approximate surface area is 224 Å². The van der Waals surface area contributed by atoms with Crippen molar-refractivity contribution in [3.8, 4) is 5.69 Å². The van der Waals surface area contributed by atoms with E-state index in [2.05, 4.69) is 21.0 Å². The van der Waals surface area contributed by atoms with E-state index in [0.29, 0.717) is 16.7 Å². The standard InChI is InChI=1S/C25H24ClN5O4S2/c1-16-8-10-20(11-9-16)30-24(27-28-25(30)36-15-19-7-5-4-6-17(19)2)18(3)29-37(34,35)21-12-13-22(26)23(14-21)31(32)33/h4-14,18,29H,15H2,1-3H3. The molecule has 0 saturated heterocycles. The maximum absolute atomic E-state index is 13.1. The lowest BCUT2D eigenvalue weighted by atomic mass is 10.1. The Balaban J connectivity index is 1.68. The first-order valence-electron chi connectivity index (χ1n) is 11.2. The Kier molecular flexibility index (Phi) is 7.98. The van der Waals surface area contributed by atoms with Crippen LogP contribution in [0.25, 0.3) is 5.69 Å². The summed E-state index contributed by atoms with van der Waals surface area (Å²) in [7, 11) is -4.14. The quantitative estimate of drug-likeness (QED) is 0.157. The summed E-state index contributed by atoms with van der Waals surface area (Å²) >= 11 is 7.34. The van der Waals surface area contributed by atoms with E-state index in [0.717, 1.165) is 28.4 Å². The summed E-state index contributed by atoms with van der Waals surface area (Å²) in [6.07, 6.45) is 0.